The molecule has 1 saturated carbocycles. The van der Waals surface area contributed by atoms with Gasteiger partial charge in [-0.05, 0) is 25.0 Å². The molecule has 1 aliphatic carbocycles. The maximum absolute atomic E-state index is 12.2. The molecule has 25 heavy (non-hydrogen) atoms. The first kappa shape index (κ1) is 15.5. The Morgan fingerprint density at radius 1 is 1.00 bits per heavy atom. The van der Waals surface area contributed by atoms with E-state index in [4.69, 9.17) is 0 Å². The van der Waals surface area contributed by atoms with Gasteiger partial charge in [0.1, 0.15) is 0 Å². The molecule has 3 aromatic rings. The maximum atomic E-state index is 12.2. The van der Waals surface area contributed by atoms with Crippen LogP contribution in [-0.2, 0) is 0 Å². The number of hydrogen-bond acceptors (Lipinski definition) is 5. The molecule has 0 unspecified atom stereocenters. The summed E-state index contributed by atoms with van der Waals surface area (Å²) in [5, 5.41) is 7.25. The molecule has 126 valence electrons. The number of aromatic nitrogens is 3. The van der Waals surface area contributed by atoms with Crippen LogP contribution < -0.4 is 10.6 Å². The van der Waals surface area contributed by atoms with Gasteiger partial charge in [0.25, 0.3) is 5.91 Å². The molecule has 4 rings (SSSR count). The summed E-state index contributed by atoms with van der Waals surface area (Å²) in [6, 6.07) is 10.1. The monoisotopic (exact) mass is 333 g/mol. The molecule has 6 nitrogen and oxygen atoms in total. The van der Waals surface area contributed by atoms with Gasteiger partial charge in [-0.3, -0.25) is 9.78 Å². The fourth-order valence-electron chi connectivity index (χ4n) is 3.17. The predicted octanol–water partition coefficient (Wildman–Crippen LogP) is 3.44. The molecule has 0 atom stereocenters. The van der Waals surface area contributed by atoms with Crippen LogP contribution in [0.4, 0.5) is 11.6 Å². The standard InChI is InChI=1S/C19H19N5O/c25-18(23-15-7-1-2-8-15)14-11-21-19(22-12-14)24-16-9-3-5-13-6-4-10-20-17(13)16/h3-6,9-12,15H,1-2,7-8H2,(H,23,25)(H,21,22,24). The number of pyridine rings is 1. The van der Waals surface area contributed by atoms with Crippen molar-refractivity contribution in [2.75, 3.05) is 5.32 Å². The van der Waals surface area contributed by atoms with E-state index in [1.807, 2.05) is 30.3 Å². The van der Waals surface area contributed by atoms with Gasteiger partial charge < -0.3 is 10.6 Å². The van der Waals surface area contributed by atoms with Gasteiger partial charge in [0.05, 0.1) is 16.8 Å². The summed E-state index contributed by atoms with van der Waals surface area (Å²) in [6.45, 7) is 0. The topological polar surface area (TPSA) is 79.8 Å². The molecule has 1 amide bonds. The lowest BCUT2D eigenvalue weighted by Crippen LogP contribution is -2.32. The van der Waals surface area contributed by atoms with Crippen molar-refractivity contribution in [2.24, 2.45) is 0 Å². The number of anilines is 2. The van der Waals surface area contributed by atoms with Crippen LogP contribution in [-0.4, -0.2) is 26.9 Å². The van der Waals surface area contributed by atoms with Crippen molar-refractivity contribution in [3.63, 3.8) is 0 Å². The Morgan fingerprint density at radius 3 is 2.56 bits per heavy atom. The highest BCUT2D eigenvalue weighted by molar-refractivity contribution is 5.94. The van der Waals surface area contributed by atoms with Gasteiger partial charge in [-0.15, -0.1) is 0 Å². The van der Waals surface area contributed by atoms with Crippen molar-refractivity contribution in [1.82, 2.24) is 20.3 Å². The number of carbonyl (C=O) groups is 1. The van der Waals surface area contributed by atoms with Gasteiger partial charge in [-0.25, -0.2) is 9.97 Å². The number of nitrogens with zero attached hydrogens (tertiary/aromatic N) is 3. The third-order valence-electron chi connectivity index (χ3n) is 4.48. The summed E-state index contributed by atoms with van der Waals surface area (Å²) in [6.07, 6.45) is 9.34. The highest BCUT2D eigenvalue weighted by Crippen LogP contribution is 2.23. The number of nitrogens with one attached hydrogen (secondary N) is 2. The van der Waals surface area contributed by atoms with E-state index in [1.165, 1.54) is 12.8 Å². The number of benzene rings is 1. The molecule has 2 N–H and O–H groups in total. The Balaban J connectivity index is 1.49. The SMILES string of the molecule is O=C(NC1CCCC1)c1cnc(Nc2cccc3cccnc23)nc1. The molecule has 0 spiro atoms. The van der Waals surface area contributed by atoms with Crippen LogP contribution in [0.2, 0.25) is 0 Å². The predicted molar refractivity (Wildman–Crippen MR) is 96.8 cm³/mol. The van der Waals surface area contributed by atoms with Gasteiger partial charge in [-0.1, -0.05) is 31.0 Å². The minimum atomic E-state index is -0.106. The van der Waals surface area contributed by atoms with Crippen LogP contribution in [0.25, 0.3) is 10.9 Å². The maximum Gasteiger partial charge on any atom is 0.254 e. The van der Waals surface area contributed by atoms with Gasteiger partial charge in [0.2, 0.25) is 5.95 Å². The second kappa shape index (κ2) is 6.84. The molecule has 2 aromatic heterocycles. The molecule has 2 heterocycles. The molecule has 1 aliphatic rings. The zero-order valence-corrected chi connectivity index (χ0v) is 13.8. The second-order valence-corrected chi connectivity index (χ2v) is 6.26. The van der Waals surface area contributed by atoms with Crippen molar-refractivity contribution in [3.8, 4) is 0 Å². The summed E-state index contributed by atoms with van der Waals surface area (Å²) < 4.78 is 0. The highest BCUT2D eigenvalue weighted by Gasteiger charge is 2.18. The lowest BCUT2D eigenvalue weighted by atomic mass is 10.2. The van der Waals surface area contributed by atoms with E-state index in [1.54, 1.807) is 18.6 Å². The van der Waals surface area contributed by atoms with Crippen LogP contribution >= 0.6 is 0 Å². The zero-order chi connectivity index (χ0) is 17.1. The summed E-state index contributed by atoms with van der Waals surface area (Å²) in [5.41, 5.74) is 2.17. The van der Waals surface area contributed by atoms with Crippen LogP contribution in [0.1, 0.15) is 36.0 Å². The molecule has 0 radical (unpaired) electrons. The smallest absolute Gasteiger partial charge is 0.254 e. The zero-order valence-electron chi connectivity index (χ0n) is 13.8. The quantitative estimate of drug-likeness (QED) is 0.764. The lowest BCUT2D eigenvalue weighted by molar-refractivity contribution is 0.0937. The van der Waals surface area contributed by atoms with E-state index < -0.39 is 0 Å². The lowest BCUT2D eigenvalue weighted by Gasteiger charge is -2.12. The van der Waals surface area contributed by atoms with Gasteiger partial charge in [0, 0.05) is 30.0 Å². The Bertz CT molecular complexity index is 882. The highest BCUT2D eigenvalue weighted by atomic mass is 16.1. The number of amides is 1. The molecule has 0 aliphatic heterocycles. The summed E-state index contributed by atoms with van der Waals surface area (Å²) in [4.78, 5) is 25.2. The Morgan fingerprint density at radius 2 is 1.76 bits per heavy atom. The molecular weight excluding hydrogens is 314 g/mol. The van der Waals surface area contributed by atoms with Gasteiger partial charge in [0.15, 0.2) is 0 Å². The summed E-state index contributed by atoms with van der Waals surface area (Å²) in [5.74, 6) is 0.334. The largest absolute Gasteiger partial charge is 0.349 e. The molecule has 1 fully saturated rings. The molecule has 0 saturated heterocycles. The Kier molecular flexibility index (Phi) is 4.24. The third kappa shape index (κ3) is 3.42. The van der Waals surface area contributed by atoms with E-state index in [0.29, 0.717) is 11.5 Å². The average molecular weight is 333 g/mol. The fourth-order valence-corrected chi connectivity index (χ4v) is 3.17. The first-order valence-electron chi connectivity index (χ1n) is 8.53. The fraction of sp³-hybridized carbons (Fsp3) is 0.263. The number of rotatable bonds is 4. The van der Waals surface area contributed by atoms with E-state index >= 15 is 0 Å². The first-order valence-corrected chi connectivity index (χ1v) is 8.53. The number of para-hydroxylation sites is 1. The van der Waals surface area contributed by atoms with Gasteiger partial charge in [-0.2, -0.15) is 0 Å². The molecule has 6 heteroatoms. The van der Waals surface area contributed by atoms with Crippen LogP contribution in [0.3, 0.4) is 0 Å². The minimum absolute atomic E-state index is 0.106. The van der Waals surface area contributed by atoms with E-state index in [2.05, 4.69) is 25.6 Å². The molecule has 1 aromatic carbocycles. The van der Waals surface area contributed by atoms with E-state index in [-0.39, 0.29) is 11.9 Å². The summed E-state index contributed by atoms with van der Waals surface area (Å²) >= 11 is 0. The molecule has 0 bridgehead atoms. The third-order valence-corrected chi connectivity index (χ3v) is 4.48. The summed E-state index contributed by atoms with van der Waals surface area (Å²) in [7, 11) is 0. The second-order valence-electron chi connectivity index (χ2n) is 6.26. The van der Waals surface area contributed by atoms with Crippen molar-refractivity contribution >= 4 is 28.4 Å². The van der Waals surface area contributed by atoms with Crippen molar-refractivity contribution in [1.29, 1.82) is 0 Å². The number of hydrogen-bond donors (Lipinski definition) is 2. The van der Waals surface area contributed by atoms with E-state index in [9.17, 15) is 4.79 Å². The van der Waals surface area contributed by atoms with Crippen molar-refractivity contribution in [3.05, 3.63) is 54.5 Å². The van der Waals surface area contributed by atoms with Crippen LogP contribution in [0, 0.1) is 0 Å². The Labute approximate surface area is 145 Å². The van der Waals surface area contributed by atoms with Gasteiger partial charge >= 0.3 is 0 Å². The first-order chi connectivity index (χ1) is 12.3. The normalized spacial score (nSPS) is 14.6. The average Bonchev–Trinajstić information content (AvgIpc) is 3.16. The van der Waals surface area contributed by atoms with E-state index in [0.717, 1.165) is 29.4 Å². The molecular formula is C19H19N5O. The minimum Gasteiger partial charge on any atom is -0.349 e. The Hall–Kier alpha value is -3.02. The van der Waals surface area contributed by atoms with Crippen LogP contribution in [0.15, 0.2) is 48.9 Å². The van der Waals surface area contributed by atoms with Crippen LogP contribution in [0.5, 0.6) is 0 Å². The number of fused-ring (bicyclic) bond motifs is 1. The van der Waals surface area contributed by atoms with Crippen molar-refractivity contribution < 1.29 is 4.79 Å². The number of carbonyl (C=O) groups excluding carboxylic acids is 1. The van der Waals surface area contributed by atoms with Crippen molar-refractivity contribution in [2.45, 2.75) is 31.7 Å².